The van der Waals surface area contributed by atoms with Gasteiger partial charge in [-0.3, -0.25) is 0 Å². The fourth-order valence-corrected chi connectivity index (χ4v) is 4.15. The van der Waals surface area contributed by atoms with Crippen molar-refractivity contribution in [3.8, 4) is 0 Å². The minimum Gasteiger partial charge on any atom is -0.386 e. The molecule has 1 aliphatic heterocycles. The zero-order chi connectivity index (χ0) is 13.9. The van der Waals surface area contributed by atoms with E-state index >= 15 is 0 Å². The first-order valence-corrected chi connectivity index (χ1v) is 8.16. The fourth-order valence-electron chi connectivity index (χ4n) is 2.49. The maximum atomic E-state index is 12.7. The quantitative estimate of drug-likeness (QED) is 0.917. The van der Waals surface area contributed by atoms with Crippen molar-refractivity contribution in [3.63, 3.8) is 0 Å². The summed E-state index contributed by atoms with van der Waals surface area (Å²) >= 11 is 0. The molecule has 1 atom stereocenters. The molecule has 1 aromatic rings. The van der Waals surface area contributed by atoms with Crippen LogP contribution in [0.5, 0.6) is 0 Å². The van der Waals surface area contributed by atoms with Crippen LogP contribution < -0.4 is 5.32 Å². The van der Waals surface area contributed by atoms with E-state index in [1.54, 1.807) is 23.5 Å². The largest absolute Gasteiger partial charge is 0.386 e. The Morgan fingerprint density at radius 3 is 3.00 bits per heavy atom. The summed E-state index contributed by atoms with van der Waals surface area (Å²) in [6.45, 7) is 3.32. The number of anilines is 1. The van der Waals surface area contributed by atoms with Gasteiger partial charge in [0.1, 0.15) is 0 Å². The van der Waals surface area contributed by atoms with Gasteiger partial charge in [0, 0.05) is 26.3 Å². The van der Waals surface area contributed by atoms with E-state index in [-0.39, 0.29) is 5.03 Å². The predicted molar refractivity (Wildman–Crippen MR) is 75.6 cm³/mol. The van der Waals surface area contributed by atoms with Crippen molar-refractivity contribution in [2.24, 2.45) is 5.92 Å². The number of hydrogen-bond acceptors (Lipinski definition) is 4. The van der Waals surface area contributed by atoms with E-state index in [1.165, 1.54) is 6.20 Å². The highest BCUT2D eigenvalue weighted by atomic mass is 32.2. The first-order chi connectivity index (χ1) is 9.09. The number of rotatable bonds is 4. The zero-order valence-corrected chi connectivity index (χ0v) is 12.3. The molecule has 6 heteroatoms. The van der Waals surface area contributed by atoms with Gasteiger partial charge in [-0.25, -0.2) is 13.4 Å². The highest BCUT2D eigenvalue weighted by Gasteiger charge is 2.32. The van der Waals surface area contributed by atoms with Crippen molar-refractivity contribution in [2.45, 2.75) is 31.2 Å². The summed E-state index contributed by atoms with van der Waals surface area (Å²) in [5.74, 6) is 0.463. The molecule has 1 aromatic heterocycles. The normalized spacial score (nSPS) is 21.3. The second kappa shape index (κ2) is 5.88. The van der Waals surface area contributed by atoms with Gasteiger partial charge in [-0.05, 0) is 30.9 Å². The van der Waals surface area contributed by atoms with Crippen molar-refractivity contribution < 1.29 is 8.42 Å². The monoisotopic (exact) mass is 283 g/mol. The summed E-state index contributed by atoms with van der Waals surface area (Å²) in [6.07, 6.45) is 4.59. The number of aromatic nitrogens is 1. The standard InChI is InChI=1S/C13H21N3O2S/c1-3-11-6-5-9-16(10-11)19(17,18)13-12(14-2)7-4-8-15-13/h4,7-8,11,14H,3,5-6,9-10H2,1-2H3. The minimum atomic E-state index is -3.49. The fraction of sp³-hybridized carbons (Fsp3) is 0.615. The first-order valence-electron chi connectivity index (χ1n) is 6.72. The van der Waals surface area contributed by atoms with Crippen LogP contribution in [0.4, 0.5) is 5.69 Å². The van der Waals surface area contributed by atoms with E-state index in [0.717, 1.165) is 19.3 Å². The van der Waals surface area contributed by atoms with Gasteiger partial charge < -0.3 is 5.32 Å². The predicted octanol–water partition coefficient (Wildman–Crippen LogP) is 1.93. The number of piperidine rings is 1. The molecule has 1 saturated heterocycles. The molecule has 106 valence electrons. The lowest BCUT2D eigenvalue weighted by Gasteiger charge is -2.31. The molecule has 0 amide bonds. The third-order valence-corrected chi connectivity index (χ3v) is 5.51. The van der Waals surface area contributed by atoms with Crippen molar-refractivity contribution in [3.05, 3.63) is 18.3 Å². The third-order valence-electron chi connectivity index (χ3n) is 3.68. The van der Waals surface area contributed by atoms with E-state index in [4.69, 9.17) is 0 Å². The van der Waals surface area contributed by atoms with E-state index < -0.39 is 10.0 Å². The molecule has 5 nitrogen and oxygen atoms in total. The van der Waals surface area contributed by atoms with Crippen molar-refractivity contribution >= 4 is 15.7 Å². The number of nitrogens with one attached hydrogen (secondary N) is 1. The average molecular weight is 283 g/mol. The van der Waals surface area contributed by atoms with Crippen LogP contribution in [0.15, 0.2) is 23.4 Å². The number of pyridine rings is 1. The summed E-state index contributed by atoms with van der Waals surface area (Å²) in [7, 11) is -1.78. The Kier molecular flexibility index (Phi) is 4.42. The number of sulfonamides is 1. The van der Waals surface area contributed by atoms with Gasteiger partial charge >= 0.3 is 0 Å². The second-order valence-corrected chi connectivity index (χ2v) is 6.74. The molecule has 0 aromatic carbocycles. The van der Waals surface area contributed by atoms with E-state index in [0.29, 0.717) is 24.7 Å². The maximum absolute atomic E-state index is 12.7. The minimum absolute atomic E-state index is 0.134. The molecule has 19 heavy (non-hydrogen) atoms. The molecule has 1 N–H and O–H groups in total. The Morgan fingerprint density at radius 1 is 1.53 bits per heavy atom. The summed E-state index contributed by atoms with van der Waals surface area (Å²) in [4.78, 5) is 4.06. The highest BCUT2D eigenvalue weighted by Crippen LogP contribution is 2.27. The number of hydrogen-bond donors (Lipinski definition) is 1. The summed E-state index contributed by atoms with van der Waals surface area (Å²) in [5.41, 5.74) is 0.557. The molecule has 1 aliphatic rings. The van der Waals surface area contributed by atoms with E-state index in [1.807, 2.05) is 0 Å². The Hall–Kier alpha value is -1.14. The Morgan fingerprint density at radius 2 is 2.32 bits per heavy atom. The summed E-state index contributed by atoms with van der Waals surface area (Å²) in [6, 6.07) is 3.47. The number of nitrogens with zero attached hydrogens (tertiary/aromatic N) is 2. The summed E-state index contributed by atoms with van der Waals surface area (Å²) in [5, 5.41) is 3.03. The van der Waals surface area contributed by atoms with Crippen LogP contribution in [0.1, 0.15) is 26.2 Å². The molecular weight excluding hydrogens is 262 g/mol. The smallest absolute Gasteiger partial charge is 0.262 e. The first kappa shape index (κ1) is 14.3. The Bertz CT molecular complexity index is 530. The van der Waals surface area contributed by atoms with Crippen LogP contribution in [-0.4, -0.2) is 37.8 Å². The molecule has 0 bridgehead atoms. The lowest BCUT2D eigenvalue weighted by atomic mass is 9.97. The van der Waals surface area contributed by atoms with E-state index in [9.17, 15) is 8.42 Å². The third kappa shape index (κ3) is 2.90. The SMILES string of the molecule is CCC1CCCN(S(=O)(=O)c2ncccc2NC)C1. The van der Waals surface area contributed by atoms with Crippen LogP contribution >= 0.6 is 0 Å². The van der Waals surface area contributed by atoms with Gasteiger partial charge in [0.15, 0.2) is 5.03 Å². The lowest BCUT2D eigenvalue weighted by Crippen LogP contribution is -2.40. The average Bonchev–Trinajstić information content (AvgIpc) is 2.47. The topological polar surface area (TPSA) is 62.3 Å². The van der Waals surface area contributed by atoms with Gasteiger partial charge in [-0.15, -0.1) is 0 Å². The van der Waals surface area contributed by atoms with Crippen LogP contribution in [-0.2, 0) is 10.0 Å². The Balaban J connectivity index is 2.31. The van der Waals surface area contributed by atoms with Gasteiger partial charge in [-0.1, -0.05) is 13.3 Å². The van der Waals surface area contributed by atoms with Crippen molar-refractivity contribution in [1.82, 2.24) is 9.29 Å². The van der Waals surface area contributed by atoms with Crippen LogP contribution in [0.25, 0.3) is 0 Å². The van der Waals surface area contributed by atoms with Crippen LogP contribution in [0, 0.1) is 5.92 Å². The molecule has 0 saturated carbocycles. The zero-order valence-electron chi connectivity index (χ0n) is 11.5. The molecule has 2 rings (SSSR count). The molecule has 1 unspecified atom stereocenters. The molecular formula is C13H21N3O2S. The van der Waals surface area contributed by atoms with Crippen LogP contribution in [0.3, 0.4) is 0 Å². The summed E-state index contributed by atoms with van der Waals surface area (Å²) < 4.78 is 26.9. The second-order valence-electron chi connectivity index (χ2n) is 4.89. The van der Waals surface area contributed by atoms with Crippen molar-refractivity contribution in [1.29, 1.82) is 0 Å². The van der Waals surface area contributed by atoms with Gasteiger partial charge in [0.05, 0.1) is 5.69 Å². The van der Waals surface area contributed by atoms with Gasteiger partial charge in [0.25, 0.3) is 10.0 Å². The molecule has 1 fully saturated rings. The maximum Gasteiger partial charge on any atom is 0.262 e. The Labute approximate surface area is 115 Å². The lowest BCUT2D eigenvalue weighted by molar-refractivity contribution is 0.261. The highest BCUT2D eigenvalue weighted by molar-refractivity contribution is 7.89. The molecule has 2 heterocycles. The van der Waals surface area contributed by atoms with Gasteiger partial charge in [-0.2, -0.15) is 4.31 Å². The molecule has 0 radical (unpaired) electrons. The molecule has 0 spiro atoms. The molecule has 0 aliphatic carbocycles. The van der Waals surface area contributed by atoms with Crippen molar-refractivity contribution in [2.75, 3.05) is 25.5 Å². The van der Waals surface area contributed by atoms with Crippen LogP contribution in [0.2, 0.25) is 0 Å². The van der Waals surface area contributed by atoms with E-state index in [2.05, 4.69) is 17.2 Å². The van der Waals surface area contributed by atoms with Gasteiger partial charge in [0.2, 0.25) is 0 Å².